The molecule has 1 aliphatic rings. The first-order valence-corrected chi connectivity index (χ1v) is 11.5. The first-order chi connectivity index (χ1) is 14.1. The van der Waals surface area contributed by atoms with Gasteiger partial charge in [0.05, 0.1) is 19.1 Å². The zero-order chi connectivity index (χ0) is 20.6. The molecule has 1 aliphatic heterocycles. The Labute approximate surface area is 191 Å². The van der Waals surface area contributed by atoms with Gasteiger partial charge in [-0.3, -0.25) is 4.79 Å². The molecule has 0 saturated carbocycles. The van der Waals surface area contributed by atoms with Crippen LogP contribution in [0.25, 0.3) is 0 Å². The van der Waals surface area contributed by atoms with Crippen LogP contribution in [0.1, 0.15) is 37.0 Å². The lowest BCUT2D eigenvalue weighted by atomic mass is 9.98. The number of nitrogens with zero attached hydrogens (tertiary/aromatic N) is 1. The summed E-state index contributed by atoms with van der Waals surface area (Å²) in [6, 6.07) is 16.2. The molecule has 0 bridgehead atoms. The number of carbonyl (C=O) groups excluding carboxylic acids is 1. The van der Waals surface area contributed by atoms with E-state index in [-0.39, 0.29) is 18.0 Å². The molecular formula is C23H27ClINO3. The van der Waals surface area contributed by atoms with Crippen molar-refractivity contribution in [3.63, 3.8) is 0 Å². The molecule has 1 saturated heterocycles. The van der Waals surface area contributed by atoms with Crippen LogP contribution in [0, 0.1) is 9.49 Å². The predicted octanol–water partition coefficient (Wildman–Crippen LogP) is 5.33. The standard InChI is InChI=1S/C23H27ClINO3/c1-2-28-23(27)19-4-3-13-26(16-19)14-15-29-22(17-5-9-20(24)10-6-17)18-7-11-21(25)12-8-18/h5-12,19,22H,2-4,13-16H2,1H3. The summed E-state index contributed by atoms with van der Waals surface area (Å²) in [5, 5.41) is 0.716. The van der Waals surface area contributed by atoms with Gasteiger partial charge in [0, 0.05) is 21.7 Å². The Morgan fingerprint density at radius 2 is 1.83 bits per heavy atom. The van der Waals surface area contributed by atoms with Crippen molar-refractivity contribution in [2.24, 2.45) is 5.92 Å². The van der Waals surface area contributed by atoms with E-state index in [1.165, 1.54) is 3.57 Å². The number of esters is 1. The van der Waals surface area contributed by atoms with Gasteiger partial charge in [-0.15, -0.1) is 0 Å². The van der Waals surface area contributed by atoms with Crippen molar-refractivity contribution in [3.05, 3.63) is 68.3 Å². The van der Waals surface area contributed by atoms with E-state index in [0.29, 0.717) is 18.2 Å². The third kappa shape index (κ3) is 6.67. The SMILES string of the molecule is CCOC(=O)C1CCCN(CCOC(c2ccc(Cl)cc2)c2ccc(I)cc2)C1. The molecule has 2 unspecified atom stereocenters. The number of halogens is 2. The van der Waals surface area contributed by atoms with Crippen molar-refractivity contribution in [1.29, 1.82) is 0 Å². The van der Waals surface area contributed by atoms with E-state index in [1.807, 2.05) is 31.2 Å². The Hall–Kier alpha value is -1.15. The Morgan fingerprint density at radius 3 is 2.48 bits per heavy atom. The van der Waals surface area contributed by atoms with E-state index < -0.39 is 0 Å². The molecule has 6 heteroatoms. The highest BCUT2D eigenvalue weighted by Crippen LogP contribution is 2.28. The van der Waals surface area contributed by atoms with Crippen molar-refractivity contribution in [2.75, 3.05) is 32.8 Å². The predicted molar refractivity (Wildman–Crippen MR) is 124 cm³/mol. The van der Waals surface area contributed by atoms with Crippen LogP contribution < -0.4 is 0 Å². The van der Waals surface area contributed by atoms with Gasteiger partial charge in [-0.05, 0) is 84.3 Å². The maximum atomic E-state index is 12.1. The summed E-state index contributed by atoms with van der Waals surface area (Å²) in [5.74, 6) is -0.0944. The molecule has 1 fully saturated rings. The lowest BCUT2D eigenvalue weighted by Crippen LogP contribution is -2.41. The molecule has 29 heavy (non-hydrogen) atoms. The Morgan fingerprint density at radius 1 is 1.17 bits per heavy atom. The zero-order valence-corrected chi connectivity index (χ0v) is 19.6. The fourth-order valence-corrected chi connectivity index (χ4v) is 4.16. The molecule has 0 aromatic heterocycles. The fraction of sp³-hybridized carbons (Fsp3) is 0.435. The van der Waals surface area contributed by atoms with Gasteiger partial charge in [0.1, 0.15) is 6.10 Å². The number of hydrogen-bond donors (Lipinski definition) is 0. The van der Waals surface area contributed by atoms with Gasteiger partial charge in [0.15, 0.2) is 0 Å². The minimum absolute atomic E-state index is 0.0213. The third-order valence-electron chi connectivity index (χ3n) is 5.16. The Balaban J connectivity index is 1.62. The van der Waals surface area contributed by atoms with Gasteiger partial charge in [-0.2, -0.15) is 0 Å². The lowest BCUT2D eigenvalue weighted by Gasteiger charge is -2.31. The first kappa shape index (κ1) is 22.5. The monoisotopic (exact) mass is 527 g/mol. The zero-order valence-electron chi connectivity index (χ0n) is 16.7. The number of rotatable bonds is 8. The maximum Gasteiger partial charge on any atom is 0.310 e. The number of likely N-dealkylation sites (tertiary alicyclic amines) is 1. The molecule has 0 spiro atoms. The fourth-order valence-electron chi connectivity index (χ4n) is 3.67. The summed E-state index contributed by atoms with van der Waals surface area (Å²) in [6.45, 7) is 5.43. The Bertz CT molecular complexity index is 736. The number of piperidine rings is 1. The van der Waals surface area contributed by atoms with E-state index in [1.54, 1.807) is 0 Å². The van der Waals surface area contributed by atoms with Crippen LogP contribution in [0.15, 0.2) is 48.5 Å². The normalized spacial score (nSPS) is 18.4. The van der Waals surface area contributed by atoms with Crippen molar-refractivity contribution < 1.29 is 14.3 Å². The second-order valence-corrected chi connectivity index (χ2v) is 8.93. The average Bonchev–Trinajstić information content (AvgIpc) is 2.73. The quantitative estimate of drug-likeness (QED) is 0.344. The number of benzene rings is 2. The van der Waals surface area contributed by atoms with Crippen LogP contribution in [0.3, 0.4) is 0 Å². The van der Waals surface area contributed by atoms with Gasteiger partial charge < -0.3 is 14.4 Å². The van der Waals surface area contributed by atoms with Crippen LogP contribution in [-0.2, 0) is 14.3 Å². The molecule has 2 atom stereocenters. The van der Waals surface area contributed by atoms with Crippen molar-refractivity contribution in [3.8, 4) is 0 Å². The molecule has 0 radical (unpaired) electrons. The second kappa shape index (κ2) is 11.3. The molecule has 0 amide bonds. The summed E-state index contributed by atoms with van der Waals surface area (Å²) >= 11 is 8.37. The van der Waals surface area contributed by atoms with Crippen molar-refractivity contribution in [1.82, 2.24) is 4.90 Å². The van der Waals surface area contributed by atoms with Crippen LogP contribution >= 0.6 is 34.2 Å². The molecule has 2 aromatic rings. The number of hydrogen-bond acceptors (Lipinski definition) is 4. The molecule has 0 N–H and O–H groups in total. The van der Waals surface area contributed by atoms with Gasteiger partial charge in [-0.25, -0.2) is 0 Å². The van der Waals surface area contributed by atoms with E-state index in [9.17, 15) is 4.79 Å². The summed E-state index contributed by atoms with van der Waals surface area (Å²) in [7, 11) is 0. The smallest absolute Gasteiger partial charge is 0.310 e. The van der Waals surface area contributed by atoms with Crippen LogP contribution in [0.2, 0.25) is 5.02 Å². The van der Waals surface area contributed by atoms with Gasteiger partial charge in [0.25, 0.3) is 0 Å². The van der Waals surface area contributed by atoms with Crippen molar-refractivity contribution >= 4 is 40.2 Å². The molecule has 0 aliphatic carbocycles. The molecule has 3 rings (SSSR count). The lowest BCUT2D eigenvalue weighted by molar-refractivity contribution is -0.150. The topological polar surface area (TPSA) is 38.8 Å². The number of ether oxygens (including phenoxy) is 2. The van der Waals surface area contributed by atoms with E-state index in [4.69, 9.17) is 21.1 Å². The highest BCUT2D eigenvalue weighted by atomic mass is 127. The van der Waals surface area contributed by atoms with Gasteiger partial charge in [-0.1, -0.05) is 35.9 Å². The third-order valence-corrected chi connectivity index (χ3v) is 6.13. The molecular weight excluding hydrogens is 501 g/mol. The van der Waals surface area contributed by atoms with Crippen LogP contribution in [0.5, 0.6) is 0 Å². The van der Waals surface area contributed by atoms with Gasteiger partial charge >= 0.3 is 5.97 Å². The Kier molecular flexibility index (Phi) is 8.78. The van der Waals surface area contributed by atoms with Crippen LogP contribution in [0.4, 0.5) is 0 Å². The summed E-state index contributed by atoms with van der Waals surface area (Å²) < 4.78 is 12.7. The molecule has 2 aromatic carbocycles. The summed E-state index contributed by atoms with van der Waals surface area (Å²) in [6.07, 6.45) is 1.78. The average molecular weight is 528 g/mol. The maximum absolute atomic E-state index is 12.1. The minimum atomic E-state index is -0.144. The van der Waals surface area contributed by atoms with Crippen molar-refractivity contribution in [2.45, 2.75) is 25.9 Å². The first-order valence-electron chi connectivity index (χ1n) is 10.1. The summed E-state index contributed by atoms with van der Waals surface area (Å²) in [4.78, 5) is 14.4. The highest BCUT2D eigenvalue weighted by molar-refractivity contribution is 14.1. The van der Waals surface area contributed by atoms with Crippen LogP contribution in [-0.4, -0.2) is 43.7 Å². The van der Waals surface area contributed by atoms with E-state index in [0.717, 1.165) is 43.6 Å². The number of carbonyl (C=O) groups is 1. The largest absolute Gasteiger partial charge is 0.466 e. The highest BCUT2D eigenvalue weighted by Gasteiger charge is 2.26. The molecule has 1 heterocycles. The molecule has 4 nitrogen and oxygen atoms in total. The minimum Gasteiger partial charge on any atom is -0.466 e. The van der Waals surface area contributed by atoms with E-state index in [2.05, 4.69) is 51.8 Å². The summed E-state index contributed by atoms with van der Waals surface area (Å²) in [5.41, 5.74) is 2.20. The molecule has 156 valence electrons. The van der Waals surface area contributed by atoms with Gasteiger partial charge in [0.2, 0.25) is 0 Å². The van der Waals surface area contributed by atoms with E-state index >= 15 is 0 Å². The second-order valence-electron chi connectivity index (χ2n) is 7.25.